The molecule has 0 bridgehead atoms. The minimum absolute atomic E-state index is 0.306. The molecule has 0 aliphatic carbocycles. The Hall–Kier alpha value is -3.53. The molecule has 0 saturated heterocycles. The third kappa shape index (κ3) is 4.13. The molecule has 0 spiro atoms. The van der Waals surface area contributed by atoms with E-state index in [1.165, 1.54) is 0 Å². The molecule has 11 heteroatoms. The monoisotopic (exact) mass is 550 g/mol. The molecule has 184 valence electrons. The van der Waals surface area contributed by atoms with E-state index in [1.54, 1.807) is 88.2 Å². The SMILES string of the molecule is OC(c1c(-c2ccc(Cl)cc2)nc2ncccn12)C(O)c1c(-c2ccc(Cl)cc2Cl)nc2ncccn12. The van der Waals surface area contributed by atoms with Gasteiger partial charge in [0.15, 0.2) is 0 Å². The van der Waals surface area contributed by atoms with Crippen LogP contribution in [-0.2, 0) is 0 Å². The lowest BCUT2D eigenvalue weighted by Gasteiger charge is -2.20. The van der Waals surface area contributed by atoms with E-state index < -0.39 is 12.2 Å². The summed E-state index contributed by atoms with van der Waals surface area (Å²) in [6, 6.07) is 15.5. The predicted octanol–water partition coefficient (Wildman–Crippen LogP) is 5.83. The summed E-state index contributed by atoms with van der Waals surface area (Å²) < 4.78 is 3.27. The van der Waals surface area contributed by atoms with E-state index in [0.717, 1.165) is 0 Å². The molecule has 4 aromatic heterocycles. The Morgan fingerprint density at radius 3 is 1.81 bits per heavy atom. The van der Waals surface area contributed by atoms with Gasteiger partial charge in [0.1, 0.15) is 12.2 Å². The van der Waals surface area contributed by atoms with Gasteiger partial charge in [-0.3, -0.25) is 8.80 Å². The predicted molar refractivity (Wildman–Crippen MR) is 142 cm³/mol. The molecule has 8 nitrogen and oxygen atoms in total. The molecule has 0 amide bonds. The van der Waals surface area contributed by atoms with Gasteiger partial charge in [-0.25, -0.2) is 19.9 Å². The van der Waals surface area contributed by atoms with E-state index in [-0.39, 0.29) is 0 Å². The molecular formula is C26H17Cl3N6O2. The van der Waals surface area contributed by atoms with Crippen LogP contribution < -0.4 is 0 Å². The number of hydrogen-bond donors (Lipinski definition) is 2. The normalized spacial score (nSPS) is 13.3. The van der Waals surface area contributed by atoms with Crippen molar-refractivity contribution < 1.29 is 10.2 Å². The smallest absolute Gasteiger partial charge is 0.234 e. The van der Waals surface area contributed by atoms with Gasteiger partial charge in [0, 0.05) is 46.0 Å². The number of hydrogen-bond acceptors (Lipinski definition) is 6. The van der Waals surface area contributed by atoms with Crippen LogP contribution in [0.4, 0.5) is 0 Å². The standard InChI is InChI=1S/C26H17Cl3N6O2/c27-15-5-3-14(4-6-15)19-21(34-11-1-9-30-25(34)32-19)23(36)24(37)22-20(17-8-7-16(28)13-18(17)29)33-26-31-10-2-12-35(22)26/h1-13,23-24,36-37H. The van der Waals surface area contributed by atoms with Gasteiger partial charge >= 0.3 is 0 Å². The minimum Gasteiger partial charge on any atom is -0.384 e. The number of nitrogens with zero attached hydrogens (tertiary/aromatic N) is 6. The van der Waals surface area contributed by atoms with Crippen molar-refractivity contribution in [3.05, 3.63) is 106 Å². The first-order chi connectivity index (χ1) is 17.9. The van der Waals surface area contributed by atoms with Gasteiger partial charge in [0.2, 0.25) is 11.6 Å². The summed E-state index contributed by atoms with van der Waals surface area (Å²) in [5.41, 5.74) is 2.73. The highest BCUT2D eigenvalue weighted by Gasteiger charge is 2.33. The third-order valence-corrected chi connectivity index (χ3v) is 6.84. The number of aromatic nitrogens is 6. The van der Waals surface area contributed by atoms with E-state index in [4.69, 9.17) is 34.8 Å². The quantitative estimate of drug-likeness (QED) is 0.279. The largest absolute Gasteiger partial charge is 0.384 e. The summed E-state index contributed by atoms with van der Waals surface area (Å²) in [5, 5.41) is 24.8. The molecule has 0 radical (unpaired) electrons. The number of rotatable bonds is 5. The number of fused-ring (bicyclic) bond motifs is 2. The minimum atomic E-state index is -1.45. The number of halogens is 3. The van der Waals surface area contributed by atoms with Crippen molar-refractivity contribution in [3.8, 4) is 22.5 Å². The maximum absolute atomic E-state index is 11.7. The summed E-state index contributed by atoms with van der Waals surface area (Å²) in [4.78, 5) is 17.9. The van der Waals surface area contributed by atoms with Crippen molar-refractivity contribution >= 4 is 46.4 Å². The molecule has 0 fully saturated rings. The molecule has 6 rings (SSSR count). The molecular weight excluding hydrogens is 535 g/mol. The number of aliphatic hydroxyl groups excluding tert-OH is 2. The maximum Gasteiger partial charge on any atom is 0.234 e. The number of aliphatic hydroxyl groups is 2. The summed E-state index contributed by atoms with van der Waals surface area (Å²) in [6.45, 7) is 0. The molecule has 6 aromatic rings. The summed E-state index contributed by atoms with van der Waals surface area (Å²) in [6.07, 6.45) is 3.76. The van der Waals surface area contributed by atoms with Gasteiger partial charge in [0.05, 0.1) is 27.8 Å². The van der Waals surface area contributed by atoms with E-state index in [1.807, 2.05) is 0 Å². The van der Waals surface area contributed by atoms with Crippen molar-refractivity contribution in [2.45, 2.75) is 12.2 Å². The van der Waals surface area contributed by atoms with Crippen LogP contribution in [0.2, 0.25) is 15.1 Å². The highest BCUT2D eigenvalue weighted by molar-refractivity contribution is 6.36. The van der Waals surface area contributed by atoms with Gasteiger partial charge in [-0.1, -0.05) is 46.9 Å². The molecule has 2 N–H and O–H groups in total. The van der Waals surface area contributed by atoms with E-state index in [9.17, 15) is 10.2 Å². The van der Waals surface area contributed by atoms with Crippen molar-refractivity contribution in [1.82, 2.24) is 28.7 Å². The molecule has 0 saturated carbocycles. The zero-order chi connectivity index (χ0) is 25.7. The van der Waals surface area contributed by atoms with E-state index >= 15 is 0 Å². The number of imidazole rings is 2. The fourth-order valence-electron chi connectivity index (χ4n) is 4.37. The lowest BCUT2D eigenvalue weighted by molar-refractivity contribution is 0.0117. The van der Waals surface area contributed by atoms with Crippen molar-refractivity contribution in [2.24, 2.45) is 0 Å². The van der Waals surface area contributed by atoms with Crippen molar-refractivity contribution in [2.75, 3.05) is 0 Å². The van der Waals surface area contributed by atoms with E-state index in [0.29, 0.717) is 60.5 Å². The third-order valence-electron chi connectivity index (χ3n) is 6.04. The molecule has 2 unspecified atom stereocenters. The van der Waals surface area contributed by atoms with Crippen LogP contribution in [-0.4, -0.2) is 39.0 Å². The Kier molecular flexibility index (Phi) is 6.06. The Morgan fingerprint density at radius 2 is 1.22 bits per heavy atom. The van der Waals surface area contributed by atoms with Crippen molar-refractivity contribution in [1.29, 1.82) is 0 Å². The van der Waals surface area contributed by atoms with Gasteiger partial charge < -0.3 is 10.2 Å². The second-order valence-electron chi connectivity index (χ2n) is 8.29. The molecule has 0 aliphatic heterocycles. The lowest BCUT2D eigenvalue weighted by atomic mass is 9.99. The zero-order valence-electron chi connectivity index (χ0n) is 18.9. The Morgan fingerprint density at radius 1 is 0.676 bits per heavy atom. The Labute approximate surface area is 225 Å². The fourth-order valence-corrected chi connectivity index (χ4v) is 5.00. The van der Waals surface area contributed by atoms with Gasteiger partial charge in [0.25, 0.3) is 0 Å². The highest BCUT2D eigenvalue weighted by atomic mass is 35.5. The zero-order valence-corrected chi connectivity index (χ0v) is 21.1. The first-order valence-corrected chi connectivity index (χ1v) is 12.3. The highest BCUT2D eigenvalue weighted by Crippen LogP contribution is 2.41. The van der Waals surface area contributed by atoms with Crippen molar-refractivity contribution in [3.63, 3.8) is 0 Å². The molecule has 2 atom stereocenters. The molecule has 2 aromatic carbocycles. The Bertz CT molecular complexity index is 1770. The first-order valence-electron chi connectivity index (χ1n) is 11.2. The maximum atomic E-state index is 11.7. The average Bonchev–Trinajstić information content (AvgIpc) is 3.47. The first kappa shape index (κ1) is 23.8. The van der Waals surface area contributed by atoms with Crippen LogP contribution in [0.15, 0.2) is 79.4 Å². The van der Waals surface area contributed by atoms with Crippen LogP contribution in [0.5, 0.6) is 0 Å². The lowest BCUT2D eigenvalue weighted by Crippen LogP contribution is -2.16. The fraction of sp³-hybridized carbons (Fsp3) is 0.0769. The number of benzene rings is 2. The second kappa shape index (κ2) is 9.41. The van der Waals surface area contributed by atoms with Gasteiger partial charge in [-0.05, 0) is 42.5 Å². The molecule has 37 heavy (non-hydrogen) atoms. The molecule has 0 aliphatic rings. The van der Waals surface area contributed by atoms with Gasteiger partial charge in [-0.15, -0.1) is 0 Å². The van der Waals surface area contributed by atoms with Crippen LogP contribution in [0.25, 0.3) is 34.1 Å². The summed E-state index contributed by atoms with van der Waals surface area (Å²) in [7, 11) is 0. The van der Waals surface area contributed by atoms with Crippen LogP contribution in [0.1, 0.15) is 23.6 Å². The molecule has 4 heterocycles. The van der Waals surface area contributed by atoms with Gasteiger partial charge in [-0.2, -0.15) is 0 Å². The summed E-state index contributed by atoms with van der Waals surface area (Å²) in [5.74, 6) is 0.706. The average molecular weight is 552 g/mol. The van der Waals surface area contributed by atoms with Crippen LogP contribution in [0.3, 0.4) is 0 Å². The topological polar surface area (TPSA) is 101 Å². The summed E-state index contributed by atoms with van der Waals surface area (Å²) >= 11 is 18.7. The second-order valence-corrected chi connectivity index (χ2v) is 9.57. The van der Waals surface area contributed by atoms with E-state index in [2.05, 4.69) is 19.9 Å². The Balaban J connectivity index is 1.56. The van der Waals surface area contributed by atoms with Crippen LogP contribution in [0, 0.1) is 0 Å². The van der Waals surface area contributed by atoms with Crippen LogP contribution >= 0.6 is 34.8 Å².